The second kappa shape index (κ2) is 8.07. The summed E-state index contributed by atoms with van der Waals surface area (Å²) >= 11 is 0. The molecule has 2 heterocycles. The summed E-state index contributed by atoms with van der Waals surface area (Å²) < 4.78 is 26.5. The smallest absolute Gasteiger partial charge is 0.183 e. The number of H-pyrrole nitrogens is 1. The third-order valence-electron chi connectivity index (χ3n) is 6.03. The van der Waals surface area contributed by atoms with Gasteiger partial charge in [0.15, 0.2) is 17.4 Å². The van der Waals surface area contributed by atoms with Crippen LogP contribution in [0.2, 0.25) is 0 Å². The van der Waals surface area contributed by atoms with Gasteiger partial charge in [0.1, 0.15) is 0 Å². The van der Waals surface area contributed by atoms with Gasteiger partial charge in [-0.1, -0.05) is 12.1 Å². The Balaban J connectivity index is 1.49. The van der Waals surface area contributed by atoms with E-state index in [1.807, 2.05) is 12.1 Å². The molecule has 1 fully saturated rings. The van der Waals surface area contributed by atoms with Crippen molar-refractivity contribution in [1.82, 2.24) is 9.88 Å². The van der Waals surface area contributed by atoms with Crippen molar-refractivity contribution < 1.29 is 13.6 Å². The van der Waals surface area contributed by atoms with Crippen LogP contribution in [0.4, 0.5) is 8.78 Å². The lowest BCUT2D eigenvalue weighted by molar-refractivity contribution is 0.0989. The van der Waals surface area contributed by atoms with Crippen LogP contribution in [0.1, 0.15) is 54.2 Å². The molecular formula is C24H26F2N2O. The maximum atomic E-state index is 13.4. The molecule has 1 N–H and O–H groups in total. The number of rotatable bonds is 5. The summed E-state index contributed by atoms with van der Waals surface area (Å²) in [5.41, 5.74) is 3.20. The van der Waals surface area contributed by atoms with Gasteiger partial charge in [0.25, 0.3) is 0 Å². The number of likely N-dealkylation sites (tertiary alicyclic amines) is 1. The Morgan fingerprint density at radius 2 is 1.83 bits per heavy atom. The van der Waals surface area contributed by atoms with Crippen LogP contribution >= 0.6 is 0 Å². The Hall–Kier alpha value is -2.53. The van der Waals surface area contributed by atoms with E-state index in [1.54, 1.807) is 0 Å². The predicted octanol–water partition coefficient (Wildman–Crippen LogP) is 5.46. The third-order valence-corrected chi connectivity index (χ3v) is 6.03. The van der Waals surface area contributed by atoms with Gasteiger partial charge in [0.2, 0.25) is 0 Å². The summed E-state index contributed by atoms with van der Waals surface area (Å²) in [7, 11) is 0. The number of Topliss-reactive ketones (excluding diaryl/α,β-unsaturated/α-hetero) is 1. The zero-order valence-corrected chi connectivity index (χ0v) is 16.8. The van der Waals surface area contributed by atoms with Crippen LogP contribution in [0.25, 0.3) is 10.9 Å². The average molecular weight is 396 g/mol. The molecule has 0 radical (unpaired) electrons. The minimum atomic E-state index is -0.930. The van der Waals surface area contributed by atoms with Crippen LogP contribution in [0.5, 0.6) is 0 Å². The van der Waals surface area contributed by atoms with Crippen molar-refractivity contribution in [1.29, 1.82) is 0 Å². The Morgan fingerprint density at radius 3 is 2.52 bits per heavy atom. The molecule has 29 heavy (non-hydrogen) atoms. The molecule has 0 spiro atoms. The molecule has 0 unspecified atom stereocenters. The quantitative estimate of drug-likeness (QED) is 0.582. The van der Waals surface area contributed by atoms with Crippen molar-refractivity contribution >= 4 is 16.7 Å². The number of fused-ring (bicyclic) bond motifs is 1. The molecule has 2 aromatic carbocycles. The molecule has 0 aliphatic carbocycles. The Labute approximate surface area is 169 Å². The zero-order chi connectivity index (χ0) is 20.5. The summed E-state index contributed by atoms with van der Waals surface area (Å²) in [6, 6.07) is 12.4. The van der Waals surface area contributed by atoms with Crippen molar-refractivity contribution in [2.45, 2.75) is 45.1 Å². The number of aromatic nitrogens is 1. The highest BCUT2D eigenvalue weighted by molar-refractivity contribution is 6.00. The summed E-state index contributed by atoms with van der Waals surface area (Å²) in [5, 5.41) is 1.02. The standard InChI is InChI=1S/C24H26F2N2O/c1-15(2)28-9-7-17(8-10-28)18-4-6-22-19(13-18)14-23(27-22)24(29)12-16-3-5-20(25)21(26)11-16/h3-6,11,13-15,17,27H,7-10,12H2,1-2H3. The lowest BCUT2D eigenvalue weighted by Crippen LogP contribution is -2.37. The lowest BCUT2D eigenvalue weighted by atomic mass is 9.88. The number of aromatic amines is 1. The summed E-state index contributed by atoms with van der Waals surface area (Å²) in [6.07, 6.45) is 2.33. The molecule has 0 bridgehead atoms. The predicted molar refractivity (Wildman–Crippen MR) is 111 cm³/mol. The molecule has 1 aromatic heterocycles. The number of nitrogens with one attached hydrogen (secondary N) is 1. The van der Waals surface area contributed by atoms with E-state index in [1.165, 1.54) is 11.6 Å². The van der Waals surface area contributed by atoms with Crippen molar-refractivity contribution in [3.05, 3.63) is 70.9 Å². The monoisotopic (exact) mass is 396 g/mol. The maximum absolute atomic E-state index is 13.4. The first kappa shape index (κ1) is 19.8. The highest BCUT2D eigenvalue weighted by atomic mass is 19.2. The minimum absolute atomic E-state index is 0.0323. The van der Waals surface area contributed by atoms with Crippen molar-refractivity contribution in [2.24, 2.45) is 0 Å². The zero-order valence-electron chi connectivity index (χ0n) is 16.8. The van der Waals surface area contributed by atoms with Gasteiger partial charge in [-0.25, -0.2) is 8.78 Å². The number of halogens is 2. The molecule has 0 atom stereocenters. The van der Waals surface area contributed by atoms with Gasteiger partial charge in [-0.3, -0.25) is 4.79 Å². The first-order valence-corrected chi connectivity index (χ1v) is 10.2. The summed E-state index contributed by atoms with van der Waals surface area (Å²) in [5.74, 6) is -1.43. The van der Waals surface area contributed by atoms with Gasteiger partial charge >= 0.3 is 0 Å². The molecule has 0 amide bonds. The van der Waals surface area contributed by atoms with E-state index in [-0.39, 0.29) is 12.2 Å². The minimum Gasteiger partial charge on any atom is -0.352 e. The topological polar surface area (TPSA) is 36.1 Å². The number of hydrogen-bond acceptors (Lipinski definition) is 2. The fourth-order valence-corrected chi connectivity index (χ4v) is 4.23. The molecule has 3 aromatic rings. The molecule has 1 aliphatic rings. The van der Waals surface area contributed by atoms with Crippen molar-refractivity contribution in [2.75, 3.05) is 13.1 Å². The number of carbonyl (C=O) groups is 1. The number of nitrogens with zero attached hydrogens (tertiary/aromatic N) is 1. The van der Waals surface area contributed by atoms with Crippen molar-refractivity contribution in [3.63, 3.8) is 0 Å². The van der Waals surface area contributed by atoms with Crippen LogP contribution in [-0.4, -0.2) is 34.8 Å². The second-order valence-corrected chi connectivity index (χ2v) is 8.28. The van der Waals surface area contributed by atoms with Gasteiger partial charge in [-0.2, -0.15) is 0 Å². The summed E-state index contributed by atoms with van der Waals surface area (Å²) in [4.78, 5) is 18.3. The number of benzene rings is 2. The lowest BCUT2D eigenvalue weighted by Gasteiger charge is -2.34. The first-order chi connectivity index (χ1) is 13.9. The largest absolute Gasteiger partial charge is 0.352 e. The molecule has 0 saturated carbocycles. The SMILES string of the molecule is CC(C)N1CCC(c2ccc3[nH]c(C(=O)Cc4ccc(F)c(F)c4)cc3c2)CC1. The highest BCUT2D eigenvalue weighted by Crippen LogP contribution is 2.31. The van der Waals surface area contributed by atoms with E-state index < -0.39 is 11.6 Å². The van der Waals surface area contributed by atoms with E-state index >= 15 is 0 Å². The molecule has 5 heteroatoms. The van der Waals surface area contributed by atoms with Gasteiger partial charge in [-0.15, -0.1) is 0 Å². The van der Waals surface area contributed by atoms with Crippen LogP contribution in [0.15, 0.2) is 42.5 Å². The second-order valence-electron chi connectivity index (χ2n) is 8.28. The summed E-state index contributed by atoms with van der Waals surface area (Å²) in [6.45, 7) is 6.72. The van der Waals surface area contributed by atoms with Gasteiger partial charge in [0, 0.05) is 23.4 Å². The number of ketones is 1. The van der Waals surface area contributed by atoms with Crippen LogP contribution in [0.3, 0.4) is 0 Å². The molecular weight excluding hydrogens is 370 g/mol. The number of carbonyl (C=O) groups excluding carboxylic acids is 1. The fourth-order valence-electron chi connectivity index (χ4n) is 4.23. The molecule has 1 saturated heterocycles. The number of piperidine rings is 1. The normalized spacial score (nSPS) is 16.0. The van der Waals surface area contributed by atoms with E-state index in [0.717, 1.165) is 49.0 Å². The van der Waals surface area contributed by atoms with E-state index in [0.29, 0.717) is 23.2 Å². The molecule has 1 aliphatic heterocycles. The van der Waals surface area contributed by atoms with E-state index in [4.69, 9.17) is 0 Å². The van der Waals surface area contributed by atoms with E-state index in [9.17, 15) is 13.6 Å². The van der Waals surface area contributed by atoms with E-state index in [2.05, 4.69) is 35.9 Å². The fraction of sp³-hybridized carbons (Fsp3) is 0.375. The van der Waals surface area contributed by atoms with Crippen LogP contribution in [-0.2, 0) is 6.42 Å². The Kier molecular flexibility index (Phi) is 5.50. The highest BCUT2D eigenvalue weighted by Gasteiger charge is 2.22. The average Bonchev–Trinajstić information content (AvgIpc) is 3.14. The number of hydrogen-bond donors (Lipinski definition) is 1. The molecule has 3 nitrogen and oxygen atoms in total. The molecule has 152 valence electrons. The Bertz CT molecular complexity index is 1030. The van der Waals surface area contributed by atoms with Gasteiger partial charge in [-0.05, 0) is 87.2 Å². The third kappa shape index (κ3) is 4.25. The first-order valence-electron chi connectivity index (χ1n) is 10.2. The molecule has 4 rings (SSSR count). The maximum Gasteiger partial charge on any atom is 0.183 e. The van der Waals surface area contributed by atoms with Crippen LogP contribution < -0.4 is 0 Å². The van der Waals surface area contributed by atoms with Gasteiger partial charge < -0.3 is 9.88 Å². The van der Waals surface area contributed by atoms with Gasteiger partial charge in [0.05, 0.1) is 5.69 Å². The van der Waals surface area contributed by atoms with Crippen molar-refractivity contribution in [3.8, 4) is 0 Å². The van der Waals surface area contributed by atoms with Crippen LogP contribution in [0, 0.1) is 11.6 Å². The Morgan fingerprint density at radius 1 is 1.07 bits per heavy atom.